The Hall–Kier alpha value is -5.46. The molecule has 1 saturated carbocycles. The van der Waals surface area contributed by atoms with Gasteiger partial charge in [-0.3, -0.25) is 38.7 Å². The van der Waals surface area contributed by atoms with Crippen LogP contribution in [0.5, 0.6) is 5.75 Å². The standard InChI is InChI=1S/C38H38ClFN8O6/c1-37(2)35(38(3,4)36(37)54-22-6-5-20(18-41)25(39)16-22)48-30(49)10-8-28(34(48)53)47-32(51)23-15-21(26(40)17-24(23)33(47)52)19-45-11-13-46(14-12-45)29-9-7-27(31(42)50)43-44-29/h5-7,9,15-17,28,35-36H,8,10-14,19H2,1-4H3,(H2,42,50). The zero-order valence-corrected chi connectivity index (χ0v) is 30.9. The Balaban J connectivity index is 1.05. The third-order valence-corrected chi connectivity index (χ3v) is 11.5. The molecule has 7 rings (SSSR count). The first kappa shape index (κ1) is 36.9. The summed E-state index contributed by atoms with van der Waals surface area (Å²) >= 11 is 6.24. The fourth-order valence-corrected chi connectivity index (χ4v) is 9.11. The lowest BCUT2D eigenvalue weighted by atomic mass is 9.48. The molecule has 4 aliphatic rings. The van der Waals surface area contributed by atoms with Crippen LogP contribution in [-0.4, -0.2) is 98.8 Å². The molecule has 54 heavy (non-hydrogen) atoms. The van der Waals surface area contributed by atoms with Crippen LogP contribution in [0.1, 0.15) is 82.9 Å². The van der Waals surface area contributed by atoms with E-state index in [-0.39, 0.29) is 46.8 Å². The van der Waals surface area contributed by atoms with Crippen LogP contribution < -0.4 is 15.4 Å². The number of amides is 5. The van der Waals surface area contributed by atoms with Gasteiger partial charge in [-0.15, -0.1) is 10.2 Å². The predicted octanol–water partition coefficient (Wildman–Crippen LogP) is 3.56. The zero-order chi connectivity index (χ0) is 38.9. The number of carbonyl (C=O) groups excluding carboxylic acids is 5. The average molecular weight is 757 g/mol. The molecule has 14 nitrogen and oxygen atoms in total. The summed E-state index contributed by atoms with van der Waals surface area (Å²) in [6.07, 6.45) is -0.603. The molecule has 0 radical (unpaired) electrons. The maximum absolute atomic E-state index is 15.6. The third kappa shape index (κ3) is 6.03. The Morgan fingerprint density at radius 3 is 2.22 bits per heavy atom. The lowest BCUT2D eigenvalue weighted by Crippen LogP contribution is -2.77. The molecule has 1 aromatic heterocycles. The number of piperidine rings is 1. The van der Waals surface area contributed by atoms with E-state index in [1.54, 1.807) is 24.3 Å². The van der Waals surface area contributed by atoms with Crippen molar-refractivity contribution in [3.63, 3.8) is 0 Å². The van der Waals surface area contributed by atoms with Crippen LogP contribution in [0.25, 0.3) is 0 Å². The fraction of sp³-hybridized carbons (Fsp3) is 0.421. The fourth-order valence-electron chi connectivity index (χ4n) is 8.90. The molecule has 1 unspecified atom stereocenters. The second kappa shape index (κ2) is 13.4. The molecule has 2 aromatic carbocycles. The molecule has 1 atom stereocenters. The molecule has 1 aliphatic carbocycles. The number of rotatable bonds is 8. The highest BCUT2D eigenvalue weighted by atomic mass is 35.5. The van der Waals surface area contributed by atoms with Gasteiger partial charge in [-0.05, 0) is 42.8 Å². The number of aromatic nitrogens is 2. The Bertz CT molecular complexity index is 2130. The lowest BCUT2D eigenvalue weighted by molar-refractivity contribution is -0.216. The van der Waals surface area contributed by atoms with Crippen molar-refractivity contribution in [1.29, 1.82) is 5.26 Å². The summed E-state index contributed by atoms with van der Waals surface area (Å²) in [6.45, 7) is 9.87. The highest BCUT2D eigenvalue weighted by Crippen LogP contribution is 2.58. The molecule has 3 aliphatic heterocycles. The van der Waals surface area contributed by atoms with E-state index >= 15 is 4.39 Å². The van der Waals surface area contributed by atoms with Crippen molar-refractivity contribution >= 4 is 47.0 Å². The highest BCUT2D eigenvalue weighted by molar-refractivity contribution is 6.31. The molecule has 3 aromatic rings. The number of fused-ring (bicyclic) bond motifs is 1. The van der Waals surface area contributed by atoms with Crippen LogP contribution in [0.3, 0.4) is 0 Å². The van der Waals surface area contributed by atoms with Gasteiger partial charge in [0.2, 0.25) is 5.91 Å². The Labute approximate surface area is 315 Å². The van der Waals surface area contributed by atoms with Gasteiger partial charge in [-0.25, -0.2) is 4.39 Å². The first-order valence-electron chi connectivity index (χ1n) is 17.6. The minimum Gasteiger partial charge on any atom is -0.489 e. The van der Waals surface area contributed by atoms with Crippen molar-refractivity contribution in [1.82, 2.24) is 24.9 Å². The molecule has 3 fully saturated rings. The van der Waals surface area contributed by atoms with E-state index in [1.165, 1.54) is 17.0 Å². The Morgan fingerprint density at radius 2 is 1.63 bits per heavy atom. The van der Waals surface area contributed by atoms with E-state index in [4.69, 9.17) is 22.1 Å². The smallest absolute Gasteiger partial charge is 0.269 e. The number of hydrogen-bond acceptors (Lipinski definition) is 11. The number of likely N-dealkylation sites (tertiary alicyclic amines) is 1. The minimum atomic E-state index is -1.25. The molecule has 4 heterocycles. The van der Waals surface area contributed by atoms with Crippen molar-refractivity contribution in [2.45, 2.75) is 65.3 Å². The van der Waals surface area contributed by atoms with Gasteiger partial charge in [0.1, 0.15) is 29.8 Å². The number of hydrogen-bond donors (Lipinski definition) is 1. The van der Waals surface area contributed by atoms with Crippen LogP contribution >= 0.6 is 11.6 Å². The van der Waals surface area contributed by atoms with Crippen molar-refractivity contribution in [2.24, 2.45) is 16.6 Å². The number of nitrogens with two attached hydrogens (primary N) is 1. The Morgan fingerprint density at radius 1 is 0.963 bits per heavy atom. The molecular weight excluding hydrogens is 719 g/mol. The van der Waals surface area contributed by atoms with Gasteiger partial charge in [-0.1, -0.05) is 39.3 Å². The van der Waals surface area contributed by atoms with E-state index in [0.29, 0.717) is 43.3 Å². The number of carbonyl (C=O) groups is 5. The van der Waals surface area contributed by atoms with E-state index in [1.807, 2.05) is 43.6 Å². The van der Waals surface area contributed by atoms with Crippen molar-refractivity contribution in [3.8, 4) is 11.8 Å². The van der Waals surface area contributed by atoms with E-state index in [2.05, 4.69) is 10.2 Å². The quantitative estimate of drug-likeness (QED) is 0.332. The summed E-state index contributed by atoms with van der Waals surface area (Å²) in [4.78, 5) is 72.8. The van der Waals surface area contributed by atoms with Crippen LogP contribution in [0.4, 0.5) is 10.2 Å². The molecule has 280 valence electrons. The van der Waals surface area contributed by atoms with Crippen molar-refractivity contribution < 1.29 is 33.1 Å². The SMILES string of the molecule is CC1(C)C(Oc2ccc(C#N)c(Cl)c2)C(C)(C)C1N1C(=O)CCC(N2C(=O)c3cc(F)c(CN4CCN(c5ccc(C(N)=O)nn5)CC4)cc3C2=O)C1=O. The van der Waals surface area contributed by atoms with Crippen LogP contribution in [0.2, 0.25) is 5.02 Å². The van der Waals surface area contributed by atoms with Crippen molar-refractivity contribution in [3.05, 3.63) is 81.3 Å². The summed E-state index contributed by atoms with van der Waals surface area (Å²) in [5, 5.41) is 17.4. The number of primary amides is 1. The number of imide groups is 2. The largest absolute Gasteiger partial charge is 0.489 e. The summed E-state index contributed by atoms with van der Waals surface area (Å²) in [5.41, 5.74) is 4.21. The van der Waals surface area contributed by atoms with Gasteiger partial charge in [0.25, 0.3) is 23.6 Å². The van der Waals surface area contributed by atoms with Gasteiger partial charge >= 0.3 is 0 Å². The van der Waals surface area contributed by atoms with Crippen LogP contribution in [0, 0.1) is 28.0 Å². The molecule has 2 saturated heterocycles. The van der Waals surface area contributed by atoms with E-state index in [0.717, 1.165) is 11.0 Å². The summed E-state index contributed by atoms with van der Waals surface area (Å²) in [7, 11) is 0. The number of halogens is 2. The third-order valence-electron chi connectivity index (χ3n) is 11.1. The zero-order valence-electron chi connectivity index (χ0n) is 30.1. The first-order valence-corrected chi connectivity index (χ1v) is 18.0. The van der Waals surface area contributed by atoms with Gasteiger partial charge in [-0.2, -0.15) is 5.26 Å². The van der Waals surface area contributed by atoms with E-state index in [9.17, 15) is 29.2 Å². The van der Waals surface area contributed by atoms with Gasteiger partial charge in [0.15, 0.2) is 11.5 Å². The molecule has 16 heteroatoms. The number of nitriles is 1. The second-order valence-electron chi connectivity index (χ2n) is 15.3. The monoisotopic (exact) mass is 756 g/mol. The summed E-state index contributed by atoms with van der Waals surface area (Å²) < 4.78 is 21.9. The Kier molecular flexibility index (Phi) is 9.18. The average Bonchev–Trinajstić information content (AvgIpc) is 3.36. The summed E-state index contributed by atoms with van der Waals surface area (Å²) in [5.74, 6) is -2.88. The molecule has 0 spiro atoms. The van der Waals surface area contributed by atoms with Gasteiger partial charge in [0, 0.05) is 61.6 Å². The highest BCUT2D eigenvalue weighted by Gasteiger charge is 2.68. The number of anilines is 1. The molecule has 0 bridgehead atoms. The van der Waals surface area contributed by atoms with Gasteiger partial charge < -0.3 is 15.4 Å². The van der Waals surface area contributed by atoms with Crippen LogP contribution in [-0.2, 0) is 16.1 Å². The number of benzene rings is 2. The topological polar surface area (TPSA) is 183 Å². The van der Waals surface area contributed by atoms with E-state index < -0.39 is 64.4 Å². The number of piperazine rings is 1. The second-order valence-corrected chi connectivity index (χ2v) is 15.7. The van der Waals surface area contributed by atoms with Gasteiger partial charge in [0.05, 0.1) is 27.8 Å². The van der Waals surface area contributed by atoms with Crippen LogP contribution in [0.15, 0.2) is 42.5 Å². The summed E-state index contributed by atoms with van der Waals surface area (Å²) in [6, 6.07) is 10.5. The maximum atomic E-state index is 15.6. The molecule has 2 N–H and O–H groups in total. The first-order chi connectivity index (χ1) is 25.5. The normalized spacial score (nSPS) is 23.6. The number of nitrogens with zero attached hydrogens (tertiary/aromatic N) is 7. The molecule has 5 amide bonds. The number of ether oxygens (including phenoxy) is 1. The molecular formula is C38H38ClFN8O6. The van der Waals surface area contributed by atoms with Crippen molar-refractivity contribution in [2.75, 3.05) is 31.1 Å². The lowest BCUT2D eigenvalue weighted by Gasteiger charge is -2.65. The predicted molar refractivity (Wildman–Crippen MR) is 192 cm³/mol. The minimum absolute atomic E-state index is 0.00921. The maximum Gasteiger partial charge on any atom is 0.269 e.